The Hall–Kier alpha value is -4.59. The van der Waals surface area contributed by atoms with E-state index in [1.54, 1.807) is 12.1 Å². The van der Waals surface area contributed by atoms with Crippen LogP contribution in [0.5, 0.6) is 5.75 Å². The van der Waals surface area contributed by atoms with Crippen LogP contribution >= 0.6 is 0 Å². The maximum atomic E-state index is 15.1. The van der Waals surface area contributed by atoms with Crippen LogP contribution in [-0.4, -0.2) is 0 Å². The van der Waals surface area contributed by atoms with Gasteiger partial charge < -0.3 is 4.74 Å². The normalized spacial score (nSPS) is 11.5. The Labute approximate surface area is 250 Å². The fourth-order valence-electron chi connectivity index (χ4n) is 4.93. The van der Waals surface area contributed by atoms with Gasteiger partial charge in [0.15, 0.2) is 17.5 Å². The molecule has 0 bridgehead atoms. The fourth-order valence-corrected chi connectivity index (χ4v) is 4.93. The van der Waals surface area contributed by atoms with Gasteiger partial charge in [-0.05, 0) is 89.2 Å². The first-order valence-corrected chi connectivity index (χ1v) is 14.1. The highest BCUT2D eigenvalue weighted by atomic mass is 19.3. The van der Waals surface area contributed by atoms with Gasteiger partial charge in [0.25, 0.3) is 0 Å². The average molecular weight is 609 g/mol. The van der Waals surface area contributed by atoms with Gasteiger partial charge in [0.05, 0.1) is 5.56 Å². The predicted octanol–water partition coefficient (Wildman–Crippen LogP) is 11.2. The van der Waals surface area contributed by atoms with Crippen molar-refractivity contribution in [3.8, 4) is 39.1 Å². The third-order valence-electron chi connectivity index (χ3n) is 7.33. The molecular weight excluding hydrogens is 581 g/mol. The molecule has 0 saturated carbocycles. The van der Waals surface area contributed by atoms with Crippen LogP contribution in [0.25, 0.3) is 33.4 Å². The fraction of sp³-hybridized carbons (Fsp3) is 0.167. The number of ether oxygens (including phenoxy) is 1. The van der Waals surface area contributed by atoms with Crippen LogP contribution in [-0.2, 0) is 12.5 Å². The third kappa shape index (κ3) is 6.80. The van der Waals surface area contributed by atoms with E-state index in [9.17, 15) is 26.3 Å². The molecule has 0 aliphatic rings. The van der Waals surface area contributed by atoms with Crippen LogP contribution in [0.1, 0.15) is 37.3 Å². The summed E-state index contributed by atoms with van der Waals surface area (Å²) in [6.45, 7) is 2.10. The van der Waals surface area contributed by atoms with E-state index in [-0.39, 0.29) is 28.0 Å². The Bertz CT molecular complexity index is 1740. The minimum atomic E-state index is -3.77. The van der Waals surface area contributed by atoms with Crippen LogP contribution in [0.4, 0.5) is 30.7 Å². The lowest BCUT2D eigenvalue weighted by Gasteiger charge is -2.19. The Morgan fingerprint density at radius 1 is 0.545 bits per heavy atom. The van der Waals surface area contributed by atoms with Crippen molar-refractivity contribution in [2.24, 2.45) is 0 Å². The molecule has 0 radical (unpaired) electrons. The zero-order chi connectivity index (χ0) is 31.4. The summed E-state index contributed by atoms with van der Waals surface area (Å²) in [6, 6.07) is 20.7. The molecule has 44 heavy (non-hydrogen) atoms. The molecule has 5 rings (SSSR count). The van der Waals surface area contributed by atoms with Gasteiger partial charge in [0.1, 0.15) is 17.4 Å². The molecule has 5 aromatic rings. The summed E-state index contributed by atoms with van der Waals surface area (Å²) in [6.07, 6.45) is 0.0948. The van der Waals surface area contributed by atoms with Gasteiger partial charge >= 0.3 is 6.11 Å². The molecule has 0 N–H and O–H groups in total. The first kappa shape index (κ1) is 30.9. The number of halogens is 7. The lowest BCUT2D eigenvalue weighted by Crippen LogP contribution is -2.21. The summed E-state index contributed by atoms with van der Waals surface area (Å²) in [4.78, 5) is 0. The number of unbranched alkanes of at least 4 members (excludes halogenated alkanes) is 2. The van der Waals surface area contributed by atoms with Gasteiger partial charge in [-0.2, -0.15) is 8.78 Å². The van der Waals surface area contributed by atoms with E-state index < -0.39 is 40.8 Å². The molecule has 0 aliphatic carbocycles. The summed E-state index contributed by atoms with van der Waals surface area (Å²) < 4.78 is 105. The van der Waals surface area contributed by atoms with Gasteiger partial charge in [0, 0.05) is 11.1 Å². The molecule has 0 aromatic heterocycles. The molecule has 226 valence electrons. The third-order valence-corrected chi connectivity index (χ3v) is 7.33. The minimum absolute atomic E-state index is 0.0245. The molecular formula is C36H27F7O. The van der Waals surface area contributed by atoms with Crippen molar-refractivity contribution in [3.05, 3.63) is 137 Å². The number of rotatable bonds is 10. The highest BCUT2D eigenvalue weighted by molar-refractivity contribution is 5.72. The molecule has 0 heterocycles. The van der Waals surface area contributed by atoms with Gasteiger partial charge in [-0.1, -0.05) is 68.3 Å². The number of hydrogen-bond donors (Lipinski definition) is 0. The first-order chi connectivity index (χ1) is 21.1. The van der Waals surface area contributed by atoms with E-state index in [4.69, 9.17) is 4.74 Å². The van der Waals surface area contributed by atoms with E-state index >= 15 is 4.39 Å². The van der Waals surface area contributed by atoms with Gasteiger partial charge in [-0.3, -0.25) is 0 Å². The molecule has 0 saturated heterocycles. The zero-order valence-corrected chi connectivity index (χ0v) is 23.6. The van der Waals surface area contributed by atoms with E-state index in [1.807, 2.05) is 6.07 Å². The van der Waals surface area contributed by atoms with E-state index in [0.29, 0.717) is 11.1 Å². The minimum Gasteiger partial charge on any atom is -0.429 e. The molecule has 8 heteroatoms. The number of hydrogen-bond acceptors (Lipinski definition) is 1. The lowest BCUT2D eigenvalue weighted by atomic mass is 9.97. The smallest absolute Gasteiger partial charge is 0.426 e. The van der Waals surface area contributed by atoms with Gasteiger partial charge in [-0.25, -0.2) is 22.0 Å². The van der Waals surface area contributed by atoms with Crippen molar-refractivity contribution in [1.82, 2.24) is 0 Å². The van der Waals surface area contributed by atoms with E-state index in [1.165, 1.54) is 54.6 Å². The highest BCUT2D eigenvalue weighted by Crippen LogP contribution is 2.35. The first-order valence-electron chi connectivity index (χ1n) is 14.1. The molecule has 0 atom stereocenters. The van der Waals surface area contributed by atoms with Crippen LogP contribution in [0, 0.1) is 29.1 Å². The molecule has 0 spiro atoms. The Morgan fingerprint density at radius 2 is 1.09 bits per heavy atom. The van der Waals surface area contributed by atoms with Crippen molar-refractivity contribution >= 4 is 0 Å². The summed E-state index contributed by atoms with van der Waals surface area (Å²) in [7, 11) is 0. The second-order valence-corrected chi connectivity index (χ2v) is 10.4. The Kier molecular flexibility index (Phi) is 9.09. The molecule has 0 amide bonds. The van der Waals surface area contributed by atoms with Crippen molar-refractivity contribution < 1.29 is 35.5 Å². The molecule has 5 aromatic carbocycles. The monoisotopic (exact) mass is 608 g/mol. The number of aryl methyl sites for hydroxylation is 1. The average Bonchev–Trinajstić information content (AvgIpc) is 3.00. The summed E-state index contributed by atoms with van der Waals surface area (Å²) in [5, 5.41) is 0. The molecule has 0 unspecified atom stereocenters. The van der Waals surface area contributed by atoms with Crippen molar-refractivity contribution in [2.45, 2.75) is 38.7 Å². The summed E-state index contributed by atoms with van der Waals surface area (Å²) >= 11 is 0. The maximum absolute atomic E-state index is 15.1. The summed E-state index contributed by atoms with van der Waals surface area (Å²) in [5.74, 6) is -5.65. The predicted molar refractivity (Wildman–Crippen MR) is 157 cm³/mol. The Morgan fingerprint density at radius 3 is 1.70 bits per heavy atom. The highest BCUT2D eigenvalue weighted by Gasteiger charge is 2.34. The zero-order valence-electron chi connectivity index (χ0n) is 23.6. The van der Waals surface area contributed by atoms with E-state index in [0.717, 1.165) is 55.5 Å². The topological polar surface area (TPSA) is 9.23 Å². The van der Waals surface area contributed by atoms with Gasteiger partial charge in [-0.15, -0.1) is 0 Å². The second kappa shape index (κ2) is 13.0. The largest absolute Gasteiger partial charge is 0.429 e. The van der Waals surface area contributed by atoms with Crippen LogP contribution < -0.4 is 4.74 Å². The van der Waals surface area contributed by atoms with Crippen molar-refractivity contribution in [1.29, 1.82) is 0 Å². The van der Waals surface area contributed by atoms with Crippen LogP contribution in [0.2, 0.25) is 0 Å². The van der Waals surface area contributed by atoms with Crippen LogP contribution in [0.3, 0.4) is 0 Å². The SMILES string of the molecule is CCCCCc1ccc(-c2ccc(-c3ccc(C(F)(F)Oc4ccc(-c5cc(F)c(F)c(F)c5)cc4)cc3)c(F)c2)c(F)c1. The van der Waals surface area contributed by atoms with E-state index in [2.05, 4.69) is 6.92 Å². The van der Waals surface area contributed by atoms with Crippen molar-refractivity contribution in [3.63, 3.8) is 0 Å². The maximum Gasteiger partial charge on any atom is 0.426 e. The number of benzene rings is 5. The van der Waals surface area contributed by atoms with Crippen molar-refractivity contribution in [2.75, 3.05) is 0 Å². The Balaban J connectivity index is 1.28. The molecule has 0 aliphatic heterocycles. The second-order valence-electron chi connectivity index (χ2n) is 10.4. The number of alkyl halides is 2. The quantitative estimate of drug-likeness (QED) is 0.0871. The van der Waals surface area contributed by atoms with Crippen LogP contribution in [0.15, 0.2) is 97.1 Å². The van der Waals surface area contributed by atoms with Gasteiger partial charge in [0.2, 0.25) is 0 Å². The lowest BCUT2D eigenvalue weighted by molar-refractivity contribution is -0.185. The summed E-state index contributed by atoms with van der Waals surface area (Å²) in [5.41, 5.74) is 1.80. The molecule has 0 fully saturated rings. The standard InChI is InChI=1S/C36H27F7O/c1-2-3-4-5-22-6-16-30(31(37)18-22)25-11-17-29(32(38)19-25)24-7-12-27(13-8-24)36(42,43)44-28-14-9-23(10-15-28)26-20-33(39)35(41)34(40)21-26/h6-21H,2-5H2,1H3. The molecule has 1 nitrogen and oxygen atoms in total.